The van der Waals surface area contributed by atoms with Gasteiger partial charge in [-0.15, -0.1) is 11.6 Å². The fourth-order valence-electron chi connectivity index (χ4n) is 1.17. The lowest BCUT2D eigenvalue weighted by molar-refractivity contribution is 0.396. The molecule has 5 heteroatoms. The maximum atomic E-state index is 11.0. The van der Waals surface area contributed by atoms with Gasteiger partial charge in [-0.1, -0.05) is 32.6 Å². The third kappa shape index (κ3) is 7.59. The molecule has 0 aliphatic heterocycles. The summed E-state index contributed by atoms with van der Waals surface area (Å²) in [4.78, 5) is 0. The van der Waals surface area contributed by atoms with Crippen LogP contribution in [0.1, 0.15) is 39.0 Å². The molecular weight excluding hydrogens is 224 g/mol. The van der Waals surface area contributed by atoms with Gasteiger partial charge in [0.25, 0.3) is 10.1 Å². The summed E-state index contributed by atoms with van der Waals surface area (Å²) in [6.45, 7) is 2.13. The number of rotatable bonds is 8. The van der Waals surface area contributed by atoms with E-state index in [-0.39, 0.29) is 11.1 Å². The number of hydrogen-bond donors (Lipinski definition) is 0. The number of hydrogen-bond acceptors (Lipinski definition) is 3. The molecule has 86 valence electrons. The minimum Gasteiger partial charge on any atom is -0.273 e. The zero-order chi connectivity index (χ0) is 11.0. The van der Waals surface area contributed by atoms with Crippen molar-refractivity contribution < 1.29 is 12.6 Å². The van der Waals surface area contributed by atoms with Crippen molar-refractivity contribution >= 4 is 21.7 Å². The molecule has 0 saturated heterocycles. The highest BCUT2D eigenvalue weighted by Crippen LogP contribution is 2.12. The van der Waals surface area contributed by atoms with E-state index in [9.17, 15) is 8.42 Å². The third-order valence-electron chi connectivity index (χ3n) is 2.01. The highest BCUT2D eigenvalue weighted by atomic mass is 35.5. The molecule has 0 bridgehead atoms. The van der Waals surface area contributed by atoms with Gasteiger partial charge in [0.05, 0.1) is 12.9 Å². The Morgan fingerprint density at radius 2 is 1.93 bits per heavy atom. The van der Waals surface area contributed by atoms with Crippen molar-refractivity contribution in [1.29, 1.82) is 0 Å². The maximum Gasteiger partial charge on any atom is 0.268 e. The first-order valence-corrected chi connectivity index (χ1v) is 6.95. The van der Waals surface area contributed by atoms with Gasteiger partial charge in [0.1, 0.15) is 0 Å². The van der Waals surface area contributed by atoms with Crippen LogP contribution in [0.2, 0.25) is 0 Å². The highest BCUT2D eigenvalue weighted by Gasteiger charge is 2.15. The fourth-order valence-corrected chi connectivity index (χ4v) is 2.53. The van der Waals surface area contributed by atoms with Crippen molar-refractivity contribution in [3.63, 3.8) is 0 Å². The normalized spacial score (nSPS) is 14.2. The average molecular weight is 243 g/mol. The molecule has 3 nitrogen and oxygen atoms in total. The van der Waals surface area contributed by atoms with E-state index < -0.39 is 10.1 Å². The van der Waals surface area contributed by atoms with Gasteiger partial charge in [-0.3, -0.25) is 4.18 Å². The monoisotopic (exact) mass is 242 g/mol. The molecule has 0 spiro atoms. The van der Waals surface area contributed by atoms with E-state index in [2.05, 4.69) is 11.1 Å². The second-order valence-corrected chi connectivity index (χ2v) is 5.74. The second-order valence-electron chi connectivity index (χ2n) is 3.34. The lowest BCUT2D eigenvalue weighted by Gasteiger charge is -2.08. The molecule has 0 radical (unpaired) electrons. The van der Waals surface area contributed by atoms with Crippen molar-refractivity contribution in [3.8, 4) is 0 Å². The van der Waals surface area contributed by atoms with Crippen LogP contribution >= 0.6 is 11.6 Å². The quantitative estimate of drug-likeness (QED) is 0.373. The third-order valence-corrected chi connectivity index (χ3v) is 3.88. The van der Waals surface area contributed by atoms with Gasteiger partial charge < -0.3 is 0 Å². The standard InChI is InChI=1S/C9H19ClO3S/c1-3-4-5-6-7-9(10)8-14(11,12)13-2/h9H,3-8H2,1-2H3. The highest BCUT2D eigenvalue weighted by molar-refractivity contribution is 7.86. The molecule has 0 rings (SSSR count). The zero-order valence-corrected chi connectivity index (χ0v) is 10.4. The summed E-state index contributed by atoms with van der Waals surface area (Å²) < 4.78 is 26.3. The van der Waals surface area contributed by atoms with Crippen molar-refractivity contribution in [2.75, 3.05) is 12.9 Å². The summed E-state index contributed by atoms with van der Waals surface area (Å²) >= 11 is 5.86. The van der Waals surface area contributed by atoms with Gasteiger partial charge in [0.15, 0.2) is 0 Å². The second kappa shape index (κ2) is 7.49. The van der Waals surface area contributed by atoms with E-state index in [1.165, 1.54) is 12.8 Å². The van der Waals surface area contributed by atoms with E-state index in [0.29, 0.717) is 0 Å². The Kier molecular flexibility index (Phi) is 7.59. The van der Waals surface area contributed by atoms with Gasteiger partial charge >= 0.3 is 0 Å². The van der Waals surface area contributed by atoms with Crippen LogP contribution in [0.3, 0.4) is 0 Å². The Labute approximate surface area is 91.9 Å². The van der Waals surface area contributed by atoms with Crippen molar-refractivity contribution in [3.05, 3.63) is 0 Å². The molecule has 0 aliphatic carbocycles. The predicted octanol–water partition coefficient (Wildman–Crippen LogP) is 2.54. The molecule has 0 fully saturated rings. The topological polar surface area (TPSA) is 43.4 Å². The van der Waals surface area contributed by atoms with Gasteiger partial charge in [-0.25, -0.2) is 0 Å². The predicted molar refractivity (Wildman–Crippen MR) is 59.2 cm³/mol. The number of unbranched alkanes of at least 4 members (excludes halogenated alkanes) is 3. The first-order chi connectivity index (χ1) is 6.52. The van der Waals surface area contributed by atoms with Gasteiger partial charge in [0.2, 0.25) is 0 Å². The Bertz CT molecular complexity index is 226. The molecule has 0 amide bonds. The number of halogens is 1. The molecule has 0 saturated carbocycles. The first kappa shape index (κ1) is 14.2. The summed E-state index contributed by atoms with van der Waals surface area (Å²) in [5.41, 5.74) is 0. The first-order valence-electron chi connectivity index (χ1n) is 4.94. The minimum atomic E-state index is -3.39. The van der Waals surface area contributed by atoms with Crippen LogP contribution in [0.5, 0.6) is 0 Å². The molecule has 0 aromatic carbocycles. The molecule has 14 heavy (non-hydrogen) atoms. The maximum absolute atomic E-state index is 11.0. The molecule has 1 unspecified atom stereocenters. The van der Waals surface area contributed by atoms with E-state index in [1.807, 2.05) is 0 Å². The lowest BCUT2D eigenvalue weighted by atomic mass is 10.1. The Morgan fingerprint density at radius 3 is 2.43 bits per heavy atom. The van der Waals surface area contributed by atoms with Gasteiger partial charge in [0, 0.05) is 5.38 Å². The van der Waals surface area contributed by atoms with E-state index in [4.69, 9.17) is 11.6 Å². The molecular formula is C9H19ClO3S. The van der Waals surface area contributed by atoms with Crippen LogP contribution in [0.15, 0.2) is 0 Å². The van der Waals surface area contributed by atoms with Gasteiger partial charge in [-0.2, -0.15) is 8.42 Å². The largest absolute Gasteiger partial charge is 0.273 e. The van der Waals surface area contributed by atoms with Crippen molar-refractivity contribution in [2.24, 2.45) is 0 Å². The van der Waals surface area contributed by atoms with Crippen molar-refractivity contribution in [1.82, 2.24) is 0 Å². The van der Waals surface area contributed by atoms with Crippen molar-refractivity contribution in [2.45, 2.75) is 44.4 Å². The van der Waals surface area contributed by atoms with E-state index in [1.54, 1.807) is 0 Å². The molecule has 0 N–H and O–H groups in total. The van der Waals surface area contributed by atoms with Gasteiger partial charge in [-0.05, 0) is 6.42 Å². The molecule has 0 heterocycles. The summed E-state index contributed by atoms with van der Waals surface area (Å²) in [7, 11) is -2.23. The summed E-state index contributed by atoms with van der Waals surface area (Å²) in [6.07, 6.45) is 5.20. The van der Waals surface area contributed by atoms with Crippen LogP contribution in [-0.4, -0.2) is 26.7 Å². The lowest BCUT2D eigenvalue weighted by Crippen LogP contribution is -2.17. The molecule has 0 aromatic rings. The summed E-state index contributed by atoms with van der Waals surface area (Å²) in [5, 5.41) is -0.322. The van der Waals surface area contributed by atoms with E-state index >= 15 is 0 Å². The summed E-state index contributed by atoms with van der Waals surface area (Å²) in [5.74, 6) is -0.0861. The Balaban J connectivity index is 3.60. The SMILES string of the molecule is CCCCCCC(Cl)CS(=O)(=O)OC. The smallest absolute Gasteiger partial charge is 0.268 e. The van der Waals surface area contributed by atoms with Crippen LogP contribution in [-0.2, 0) is 14.3 Å². The van der Waals surface area contributed by atoms with Crippen LogP contribution in [0.4, 0.5) is 0 Å². The molecule has 1 atom stereocenters. The van der Waals surface area contributed by atoms with E-state index in [0.717, 1.165) is 26.4 Å². The number of alkyl halides is 1. The minimum absolute atomic E-state index is 0.0861. The molecule has 0 aliphatic rings. The van der Waals surface area contributed by atoms with Crippen LogP contribution in [0, 0.1) is 0 Å². The molecule has 0 aromatic heterocycles. The zero-order valence-electron chi connectivity index (χ0n) is 8.83. The van der Waals surface area contributed by atoms with Crippen LogP contribution < -0.4 is 0 Å². The Morgan fingerprint density at radius 1 is 1.29 bits per heavy atom. The van der Waals surface area contributed by atoms with Crippen LogP contribution in [0.25, 0.3) is 0 Å². The fraction of sp³-hybridized carbons (Fsp3) is 1.00. The summed E-state index contributed by atoms with van der Waals surface area (Å²) in [6, 6.07) is 0. The average Bonchev–Trinajstić information content (AvgIpc) is 2.12. The Hall–Kier alpha value is 0.200.